The van der Waals surface area contributed by atoms with Crippen molar-refractivity contribution in [1.29, 1.82) is 0 Å². The Kier molecular flexibility index (Phi) is 4.66. The topological polar surface area (TPSA) is 21.6 Å². The molecule has 2 nitrogen and oxygen atoms in total. The molecule has 2 aromatic carbocycles. The third-order valence-corrected chi connectivity index (χ3v) is 4.72. The van der Waals surface area contributed by atoms with E-state index in [9.17, 15) is 0 Å². The summed E-state index contributed by atoms with van der Waals surface area (Å²) in [6, 6.07) is 17.8. The van der Waals surface area contributed by atoms with E-state index in [1.807, 2.05) is 54.6 Å². The van der Waals surface area contributed by atoms with Crippen molar-refractivity contribution in [3.8, 4) is 11.8 Å². The Hall–Kier alpha value is -1.57. The van der Waals surface area contributed by atoms with E-state index in [-0.39, 0.29) is 0 Å². The normalized spacial score (nSPS) is 19.8. The molecular weight excluding hydrogens is 406 g/mol. The number of ether oxygens (including phenoxy) is 1. The fourth-order valence-electron chi connectivity index (χ4n) is 2.07. The summed E-state index contributed by atoms with van der Waals surface area (Å²) < 4.78 is 7.09. The first-order valence-electron chi connectivity index (χ1n) is 6.84. The van der Waals surface area contributed by atoms with E-state index in [0.29, 0.717) is 17.8 Å². The highest BCUT2D eigenvalue weighted by Gasteiger charge is 2.35. The predicted molar refractivity (Wildman–Crippen MR) is 96.5 cm³/mol. The molecule has 0 bridgehead atoms. The smallest absolute Gasteiger partial charge is 0.217 e. The highest BCUT2D eigenvalue weighted by molar-refractivity contribution is 9.10. The standard InChI is InChI=1S/C18H13Br2NO/c19-12-18(11-10-14-4-2-1-3-5-14)13-21-17(22-18)15-6-8-16(20)9-7-15/h1-9H,12-13H2/t18-/m0/s1. The van der Waals surface area contributed by atoms with Gasteiger partial charge in [-0.3, -0.25) is 0 Å². The Labute approximate surface area is 146 Å². The maximum atomic E-state index is 6.06. The van der Waals surface area contributed by atoms with Crippen LogP contribution in [0.3, 0.4) is 0 Å². The van der Waals surface area contributed by atoms with Gasteiger partial charge in [0.1, 0.15) is 0 Å². The number of rotatable bonds is 2. The van der Waals surface area contributed by atoms with E-state index in [0.717, 1.165) is 15.6 Å². The molecule has 1 atom stereocenters. The molecule has 0 saturated carbocycles. The Bertz CT molecular complexity index is 744. The molecule has 3 rings (SSSR count). The molecule has 1 aliphatic rings. The van der Waals surface area contributed by atoms with E-state index in [1.54, 1.807) is 0 Å². The second kappa shape index (κ2) is 6.68. The zero-order chi connectivity index (χ0) is 15.4. The molecule has 1 heterocycles. The molecule has 0 amide bonds. The van der Waals surface area contributed by atoms with Crippen molar-refractivity contribution in [1.82, 2.24) is 0 Å². The molecule has 0 aliphatic carbocycles. The first-order chi connectivity index (χ1) is 10.7. The van der Waals surface area contributed by atoms with E-state index in [1.165, 1.54) is 0 Å². The molecule has 4 heteroatoms. The average molecular weight is 419 g/mol. The molecule has 0 spiro atoms. The van der Waals surface area contributed by atoms with Gasteiger partial charge in [-0.1, -0.05) is 56.0 Å². The van der Waals surface area contributed by atoms with Gasteiger partial charge in [-0.05, 0) is 42.3 Å². The lowest BCUT2D eigenvalue weighted by molar-refractivity contribution is 0.180. The summed E-state index contributed by atoms with van der Waals surface area (Å²) in [6.07, 6.45) is 0. The minimum absolute atomic E-state index is 0.531. The fraction of sp³-hybridized carbons (Fsp3) is 0.167. The minimum Gasteiger partial charge on any atom is -0.455 e. The Morgan fingerprint density at radius 1 is 1.09 bits per heavy atom. The summed E-state index contributed by atoms with van der Waals surface area (Å²) in [5, 5.41) is 0.614. The number of benzene rings is 2. The first-order valence-corrected chi connectivity index (χ1v) is 8.76. The van der Waals surface area contributed by atoms with Gasteiger partial charge in [0.05, 0.1) is 11.9 Å². The largest absolute Gasteiger partial charge is 0.455 e. The van der Waals surface area contributed by atoms with E-state index in [2.05, 4.69) is 48.7 Å². The number of halogens is 2. The van der Waals surface area contributed by atoms with Crippen LogP contribution in [-0.4, -0.2) is 23.4 Å². The molecule has 0 radical (unpaired) electrons. The van der Waals surface area contributed by atoms with Gasteiger partial charge in [-0.2, -0.15) is 0 Å². The van der Waals surface area contributed by atoms with E-state index >= 15 is 0 Å². The second-order valence-corrected chi connectivity index (χ2v) is 6.45. The second-order valence-electron chi connectivity index (χ2n) is 4.97. The van der Waals surface area contributed by atoms with Crippen LogP contribution in [0.4, 0.5) is 0 Å². The van der Waals surface area contributed by atoms with Gasteiger partial charge in [0, 0.05) is 15.6 Å². The zero-order valence-corrected chi connectivity index (χ0v) is 14.9. The van der Waals surface area contributed by atoms with Crippen LogP contribution in [0.5, 0.6) is 0 Å². The van der Waals surface area contributed by atoms with Crippen LogP contribution >= 0.6 is 31.9 Å². The van der Waals surface area contributed by atoms with Crippen LogP contribution in [-0.2, 0) is 4.74 Å². The van der Waals surface area contributed by atoms with Gasteiger partial charge in [-0.15, -0.1) is 0 Å². The molecule has 0 fully saturated rings. The molecule has 0 N–H and O–H groups in total. The van der Waals surface area contributed by atoms with Crippen molar-refractivity contribution >= 4 is 37.8 Å². The predicted octanol–water partition coefficient (Wildman–Crippen LogP) is 4.41. The van der Waals surface area contributed by atoms with Crippen molar-refractivity contribution in [2.24, 2.45) is 4.99 Å². The molecule has 0 unspecified atom stereocenters. The maximum Gasteiger partial charge on any atom is 0.217 e. The summed E-state index contributed by atoms with van der Waals surface area (Å²) in [4.78, 5) is 4.52. The maximum absolute atomic E-state index is 6.06. The third kappa shape index (κ3) is 3.43. The monoisotopic (exact) mass is 417 g/mol. The number of hydrogen-bond acceptors (Lipinski definition) is 2. The van der Waals surface area contributed by atoms with Crippen molar-refractivity contribution < 1.29 is 4.74 Å². The van der Waals surface area contributed by atoms with Crippen LogP contribution < -0.4 is 0 Å². The quantitative estimate of drug-likeness (QED) is 0.522. The molecule has 0 saturated heterocycles. The number of hydrogen-bond donors (Lipinski definition) is 0. The zero-order valence-electron chi connectivity index (χ0n) is 11.7. The Morgan fingerprint density at radius 3 is 2.50 bits per heavy atom. The first kappa shape index (κ1) is 15.3. The average Bonchev–Trinajstić information content (AvgIpc) is 3.00. The summed E-state index contributed by atoms with van der Waals surface area (Å²) in [5.74, 6) is 7.05. The molecule has 110 valence electrons. The SMILES string of the molecule is BrC[C@@]1(C#Cc2ccccc2)CN=C(c2ccc(Br)cc2)O1. The molecule has 1 aliphatic heterocycles. The van der Waals surface area contributed by atoms with Crippen molar-refractivity contribution in [2.75, 3.05) is 11.9 Å². The fourth-order valence-corrected chi connectivity index (χ4v) is 2.76. The van der Waals surface area contributed by atoms with Crippen molar-refractivity contribution in [3.63, 3.8) is 0 Å². The van der Waals surface area contributed by atoms with E-state index in [4.69, 9.17) is 4.74 Å². The molecule has 0 aromatic heterocycles. The Balaban J connectivity index is 1.80. The lowest BCUT2D eigenvalue weighted by Crippen LogP contribution is -2.33. The van der Waals surface area contributed by atoms with E-state index < -0.39 is 5.60 Å². The van der Waals surface area contributed by atoms with Crippen LogP contribution in [0.2, 0.25) is 0 Å². The number of alkyl halides is 1. The molecule has 2 aromatic rings. The van der Waals surface area contributed by atoms with Gasteiger partial charge in [0.2, 0.25) is 5.90 Å². The number of nitrogens with zero attached hydrogens (tertiary/aromatic N) is 1. The van der Waals surface area contributed by atoms with Crippen LogP contribution in [0, 0.1) is 11.8 Å². The summed E-state index contributed by atoms with van der Waals surface area (Å²) in [6.45, 7) is 0.531. The van der Waals surface area contributed by atoms with Gasteiger partial charge >= 0.3 is 0 Å². The van der Waals surface area contributed by atoms with Gasteiger partial charge in [0.25, 0.3) is 0 Å². The van der Waals surface area contributed by atoms with Crippen LogP contribution in [0.15, 0.2) is 64.1 Å². The van der Waals surface area contributed by atoms with Crippen LogP contribution in [0.25, 0.3) is 0 Å². The highest BCUT2D eigenvalue weighted by atomic mass is 79.9. The lowest BCUT2D eigenvalue weighted by atomic mass is 10.1. The van der Waals surface area contributed by atoms with Crippen LogP contribution in [0.1, 0.15) is 11.1 Å². The van der Waals surface area contributed by atoms with Crippen molar-refractivity contribution in [3.05, 3.63) is 70.2 Å². The minimum atomic E-state index is -0.599. The molecular formula is C18H13Br2NO. The van der Waals surface area contributed by atoms with Crippen molar-refractivity contribution in [2.45, 2.75) is 5.60 Å². The third-order valence-electron chi connectivity index (χ3n) is 3.29. The van der Waals surface area contributed by atoms with Gasteiger partial charge < -0.3 is 4.74 Å². The Morgan fingerprint density at radius 2 is 1.82 bits per heavy atom. The highest BCUT2D eigenvalue weighted by Crippen LogP contribution is 2.24. The van der Waals surface area contributed by atoms with Gasteiger partial charge in [0.15, 0.2) is 5.60 Å². The molecule has 22 heavy (non-hydrogen) atoms. The summed E-state index contributed by atoms with van der Waals surface area (Å²) >= 11 is 6.94. The summed E-state index contributed by atoms with van der Waals surface area (Å²) in [5.41, 5.74) is 1.34. The number of aliphatic imine (C=N–C) groups is 1. The lowest BCUT2D eigenvalue weighted by Gasteiger charge is -2.19. The summed E-state index contributed by atoms with van der Waals surface area (Å²) in [7, 11) is 0. The van der Waals surface area contributed by atoms with Gasteiger partial charge in [-0.25, -0.2) is 4.99 Å².